The number of aliphatic imine (C=N–C) groups is 4. The minimum atomic E-state index is 0.197. The first-order valence-electron chi connectivity index (χ1n) is 12.1. The van der Waals surface area contributed by atoms with Crippen LogP contribution in [0.4, 0.5) is 0 Å². The number of allylic oxidation sites excluding steroid dienone is 12. The van der Waals surface area contributed by atoms with E-state index in [4.69, 9.17) is 31.6 Å². The molecule has 180 valence electrons. The molecule has 0 unspecified atom stereocenters. The van der Waals surface area contributed by atoms with Crippen molar-refractivity contribution >= 4 is 45.6 Å². The van der Waals surface area contributed by atoms with Gasteiger partial charge in [-0.1, -0.05) is 35.9 Å². The summed E-state index contributed by atoms with van der Waals surface area (Å²) in [6, 6.07) is 14.9. The summed E-state index contributed by atoms with van der Waals surface area (Å²) in [6.07, 6.45) is 19.8. The van der Waals surface area contributed by atoms with E-state index < -0.39 is 0 Å². The minimum Gasteiger partial charge on any atom is -0.508 e. The fourth-order valence-electron chi connectivity index (χ4n) is 4.75. The molecule has 0 spiro atoms. The Morgan fingerprint density at radius 1 is 0.526 bits per heavy atom. The van der Waals surface area contributed by atoms with Gasteiger partial charge in [0, 0.05) is 16.2 Å². The third-order valence-corrected chi connectivity index (χ3v) is 6.76. The van der Waals surface area contributed by atoms with E-state index in [1.807, 2.05) is 91.1 Å². The van der Waals surface area contributed by atoms with Crippen LogP contribution in [0.1, 0.15) is 11.1 Å². The predicted molar refractivity (Wildman–Crippen MR) is 156 cm³/mol. The zero-order chi connectivity index (χ0) is 25.6. The van der Waals surface area contributed by atoms with Crippen LogP contribution in [0, 0.1) is 0 Å². The number of hydrogen-bond donors (Lipinski definition) is 1. The number of fused-ring (bicyclic) bond motifs is 4. The average molecular weight is 511 g/mol. The molecule has 7 rings (SSSR count). The van der Waals surface area contributed by atoms with Crippen molar-refractivity contribution in [2.45, 2.75) is 0 Å². The highest BCUT2D eigenvalue weighted by Crippen LogP contribution is 2.38. The second-order valence-corrected chi connectivity index (χ2v) is 9.59. The molecule has 0 aliphatic carbocycles. The number of phenols is 1. The maximum atomic E-state index is 9.98. The van der Waals surface area contributed by atoms with Gasteiger partial charge in [-0.25, -0.2) is 20.0 Å². The van der Waals surface area contributed by atoms with Crippen molar-refractivity contribution < 1.29 is 5.11 Å². The standard InChI is InChI=1S/C32H19ClN4O/c33-21-5-1-19(2-6-21)29-18-27-17-25-10-9-23(35-25)15-22-7-8-24(34-22)16-26-11-14-30(36-26)31(32(29)37-27)20-3-12-28(38)13-4-20/h1-18,38H. The normalized spacial score (nSPS) is 19.1. The molecule has 0 radical (unpaired) electrons. The van der Waals surface area contributed by atoms with E-state index in [0.717, 1.165) is 67.9 Å². The topological polar surface area (TPSA) is 69.7 Å². The minimum absolute atomic E-state index is 0.197. The number of halogens is 1. The highest BCUT2D eigenvalue weighted by molar-refractivity contribution is 6.35. The Morgan fingerprint density at radius 2 is 1.11 bits per heavy atom. The molecule has 5 aliphatic heterocycles. The quantitative estimate of drug-likeness (QED) is 0.464. The van der Waals surface area contributed by atoms with Gasteiger partial charge in [0.25, 0.3) is 0 Å². The summed E-state index contributed by atoms with van der Waals surface area (Å²) in [7, 11) is 0. The molecule has 5 aliphatic rings. The molecule has 0 atom stereocenters. The molecule has 5 nitrogen and oxygen atoms in total. The van der Waals surface area contributed by atoms with Crippen LogP contribution in [-0.4, -0.2) is 28.0 Å². The van der Waals surface area contributed by atoms with Crippen molar-refractivity contribution in [3.63, 3.8) is 0 Å². The Labute approximate surface area is 224 Å². The molecule has 2 aromatic carbocycles. The van der Waals surface area contributed by atoms with Gasteiger partial charge in [0.05, 0.1) is 45.6 Å². The van der Waals surface area contributed by atoms with Gasteiger partial charge in [0.1, 0.15) is 5.75 Å². The van der Waals surface area contributed by atoms with Crippen LogP contribution in [0.15, 0.2) is 152 Å². The molecule has 5 heterocycles. The SMILES string of the molecule is Oc1ccc(C2=C3N=C(C=C4C=CC(=N4)C=C4C=CC(=N4)C=C4C=CC2=N4)C=C3c2ccc(Cl)cc2)cc1. The van der Waals surface area contributed by atoms with Crippen molar-refractivity contribution in [2.24, 2.45) is 20.0 Å². The molecular weight excluding hydrogens is 492 g/mol. The number of benzene rings is 2. The van der Waals surface area contributed by atoms with Crippen molar-refractivity contribution in [1.29, 1.82) is 0 Å². The van der Waals surface area contributed by atoms with Crippen molar-refractivity contribution in [3.05, 3.63) is 148 Å². The van der Waals surface area contributed by atoms with E-state index in [1.165, 1.54) is 0 Å². The summed E-state index contributed by atoms with van der Waals surface area (Å²) in [5, 5.41) is 10.6. The number of phenolic OH excluding ortho intramolecular Hbond substituents is 1. The molecule has 0 aromatic heterocycles. The maximum absolute atomic E-state index is 9.98. The molecule has 8 bridgehead atoms. The Bertz CT molecular complexity index is 1780. The van der Waals surface area contributed by atoms with Gasteiger partial charge >= 0.3 is 0 Å². The van der Waals surface area contributed by atoms with Crippen LogP contribution in [0.25, 0.3) is 11.1 Å². The first-order valence-corrected chi connectivity index (χ1v) is 12.5. The summed E-state index contributed by atoms with van der Waals surface area (Å²) in [6.45, 7) is 0. The summed E-state index contributed by atoms with van der Waals surface area (Å²) in [5.74, 6) is 0.197. The van der Waals surface area contributed by atoms with Crippen molar-refractivity contribution in [2.75, 3.05) is 0 Å². The summed E-state index contributed by atoms with van der Waals surface area (Å²) < 4.78 is 0. The third-order valence-electron chi connectivity index (χ3n) is 6.51. The first-order chi connectivity index (χ1) is 18.6. The van der Waals surface area contributed by atoms with Gasteiger partial charge in [-0.15, -0.1) is 0 Å². The number of rotatable bonds is 2. The molecule has 0 saturated carbocycles. The lowest BCUT2D eigenvalue weighted by molar-refractivity contribution is 0.475. The van der Waals surface area contributed by atoms with Gasteiger partial charge in [0.15, 0.2) is 0 Å². The van der Waals surface area contributed by atoms with Crippen LogP contribution < -0.4 is 0 Å². The van der Waals surface area contributed by atoms with E-state index in [-0.39, 0.29) is 5.75 Å². The van der Waals surface area contributed by atoms with E-state index >= 15 is 0 Å². The summed E-state index contributed by atoms with van der Waals surface area (Å²) >= 11 is 6.21. The van der Waals surface area contributed by atoms with Gasteiger partial charge in [-0.05, 0) is 96.2 Å². The largest absolute Gasteiger partial charge is 0.508 e. The fourth-order valence-corrected chi connectivity index (χ4v) is 4.87. The second-order valence-electron chi connectivity index (χ2n) is 9.15. The molecule has 6 heteroatoms. The average Bonchev–Trinajstić information content (AvgIpc) is 3.71. The van der Waals surface area contributed by atoms with E-state index in [0.29, 0.717) is 5.02 Å². The molecule has 38 heavy (non-hydrogen) atoms. The lowest BCUT2D eigenvalue weighted by Crippen LogP contribution is -2.02. The van der Waals surface area contributed by atoms with E-state index in [2.05, 4.69) is 6.08 Å². The molecule has 0 fully saturated rings. The lowest BCUT2D eigenvalue weighted by atomic mass is 9.93. The number of hydrogen-bond acceptors (Lipinski definition) is 5. The highest BCUT2D eigenvalue weighted by Gasteiger charge is 2.25. The predicted octanol–water partition coefficient (Wildman–Crippen LogP) is 6.99. The molecule has 0 amide bonds. The zero-order valence-electron chi connectivity index (χ0n) is 20.0. The zero-order valence-corrected chi connectivity index (χ0v) is 20.8. The highest BCUT2D eigenvalue weighted by atomic mass is 35.5. The smallest absolute Gasteiger partial charge is 0.115 e. The third kappa shape index (κ3) is 4.19. The molecule has 1 N–H and O–H groups in total. The number of nitrogens with zero attached hydrogens (tertiary/aromatic N) is 4. The summed E-state index contributed by atoms with van der Waals surface area (Å²) in [4.78, 5) is 19.5. The van der Waals surface area contributed by atoms with Crippen LogP contribution in [0.3, 0.4) is 0 Å². The van der Waals surface area contributed by atoms with Crippen LogP contribution in [0.2, 0.25) is 5.02 Å². The second kappa shape index (κ2) is 8.91. The Hall–Kier alpha value is -4.87. The van der Waals surface area contributed by atoms with Gasteiger partial charge in [-0.2, -0.15) is 0 Å². The Balaban J connectivity index is 1.50. The van der Waals surface area contributed by atoms with Crippen molar-refractivity contribution in [1.82, 2.24) is 0 Å². The van der Waals surface area contributed by atoms with Crippen LogP contribution >= 0.6 is 11.6 Å². The Morgan fingerprint density at radius 3 is 1.79 bits per heavy atom. The van der Waals surface area contributed by atoms with Gasteiger partial charge in [0.2, 0.25) is 0 Å². The summed E-state index contributed by atoms with van der Waals surface area (Å²) in [5.41, 5.74) is 10.2. The molecule has 0 saturated heterocycles. The van der Waals surface area contributed by atoms with Crippen LogP contribution in [-0.2, 0) is 0 Å². The molecular formula is C32H19ClN4O. The van der Waals surface area contributed by atoms with Crippen molar-refractivity contribution in [3.8, 4) is 5.75 Å². The number of aromatic hydroxyl groups is 1. The van der Waals surface area contributed by atoms with E-state index in [1.54, 1.807) is 12.1 Å². The van der Waals surface area contributed by atoms with E-state index in [9.17, 15) is 5.11 Å². The Kier molecular flexibility index (Phi) is 5.23. The lowest BCUT2D eigenvalue weighted by Gasteiger charge is -2.13. The van der Waals surface area contributed by atoms with Gasteiger partial charge < -0.3 is 5.11 Å². The van der Waals surface area contributed by atoms with Crippen LogP contribution in [0.5, 0.6) is 5.75 Å². The first kappa shape index (κ1) is 22.3. The molecule has 2 aromatic rings. The monoisotopic (exact) mass is 510 g/mol. The van der Waals surface area contributed by atoms with Gasteiger partial charge in [-0.3, -0.25) is 0 Å². The maximum Gasteiger partial charge on any atom is 0.115 e. The fraction of sp³-hybridized carbons (Fsp3) is 0.